The van der Waals surface area contributed by atoms with E-state index in [1.165, 1.54) is 5.56 Å². The van der Waals surface area contributed by atoms with Crippen molar-refractivity contribution in [3.63, 3.8) is 0 Å². The van der Waals surface area contributed by atoms with Crippen LogP contribution < -0.4 is 0 Å². The standard InChI is InChI=1S/C12H14ClN3/c1-2-9(7-12-8-14-16-15-12)10-3-5-11(13)6-4-10/h3-6,8-9H,2,7H2,1H3,(H,14,15,16). The van der Waals surface area contributed by atoms with Gasteiger partial charge in [-0.25, -0.2) is 0 Å². The SMILES string of the molecule is CCC(Cc1cn[nH]n1)c1ccc(Cl)cc1. The van der Waals surface area contributed by atoms with Crippen LogP contribution in [0.1, 0.15) is 30.5 Å². The highest BCUT2D eigenvalue weighted by atomic mass is 35.5. The third-order valence-electron chi connectivity index (χ3n) is 2.75. The molecule has 0 amide bonds. The van der Waals surface area contributed by atoms with E-state index in [0.717, 1.165) is 23.6 Å². The van der Waals surface area contributed by atoms with Gasteiger partial charge >= 0.3 is 0 Å². The Morgan fingerprint density at radius 1 is 1.31 bits per heavy atom. The average Bonchev–Trinajstić information content (AvgIpc) is 2.80. The molecule has 0 bridgehead atoms. The molecule has 3 nitrogen and oxygen atoms in total. The second kappa shape index (κ2) is 5.12. The van der Waals surface area contributed by atoms with Crippen molar-refractivity contribution in [2.75, 3.05) is 0 Å². The number of aromatic amines is 1. The first-order valence-electron chi connectivity index (χ1n) is 5.39. The van der Waals surface area contributed by atoms with Crippen molar-refractivity contribution in [1.29, 1.82) is 0 Å². The van der Waals surface area contributed by atoms with Gasteiger partial charge in [0.05, 0.1) is 11.9 Å². The normalized spacial score (nSPS) is 12.6. The molecule has 1 aromatic carbocycles. The molecule has 0 radical (unpaired) electrons. The molecule has 1 atom stereocenters. The van der Waals surface area contributed by atoms with E-state index < -0.39 is 0 Å². The van der Waals surface area contributed by atoms with E-state index in [1.807, 2.05) is 12.1 Å². The third kappa shape index (κ3) is 2.61. The monoisotopic (exact) mass is 235 g/mol. The second-order valence-corrected chi connectivity index (χ2v) is 4.26. The number of hydrogen-bond acceptors (Lipinski definition) is 2. The van der Waals surface area contributed by atoms with Gasteiger partial charge in [0.15, 0.2) is 0 Å². The maximum atomic E-state index is 5.87. The Hall–Kier alpha value is -1.35. The third-order valence-corrected chi connectivity index (χ3v) is 3.01. The van der Waals surface area contributed by atoms with Gasteiger partial charge in [0, 0.05) is 5.02 Å². The van der Waals surface area contributed by atoms with Crippen LogP contribution in [0.15, 0.2) is 30.5 Å². The smallest absolute Gasteiger partial charge is 0.0830 e. The zero-order valence-corrected chi connectivity index (χ0v) is 9.91. The highest BCUT2D eigenvalue weighted by molar-refractivity contribution is 6.30. The van der Waals surface area contributed by atoms with Gasteiger partial charge in [0.1, 0.15) is 0 Å². The zero-order chi connectivity index (χ0) is 11.4. The van der Waals surface area contributed by atoms with Crippen LogP contribution in [0.2, 0.25) is 5.02 Å². The molecular weight excluding hydrogens is 222 g/mol. The lowest BCUT2D eigenvalue weighted by Crippen LogP contribution is -2.02. The van der Waals surface area contributed by atoms with Gasteiger partial charge in [-0.1, -0.05) is 30.7 Å². The minimum absolute atomic E-state index is 0.474. The van der Waals surface area contributed by atoms with E-state index >= 15 is 0 Å². The minimum Gasteiger partial charge on any atom is -0.198 e. The molecule has 0 saturated heterocycles. The van der Waals surface area contributed by atoms with Crippen molar-refractivity contribution in [2.45, 2.75) is 25.7 Å². The number of rotatable bonds is 4. The Balaban J connectivity index is 2.13. The van der Waals surface area contributed by atoms with Gasteiger partial charge in [-0.05, 0) is 36.5 Å². The number of halogens is 1. The molecule has 2 aromatic rings. The number of hydrogen-bond donors (Lipinski definition) is 1. The summed E-state index contributed by atoms with van der Waals surface area (Å²) in [6.45, 7) is 2.18. The van der Waals surface area contributed by atoms with E-state index in [4.69, 9.17) is 11.6 Å². The maximum Gasteiger partial charge on any atom is 0.0830 e. The van der Waals surface area contributed by atoms with Crippen LogP contribution in [0.5, 0.6) is 0 Å². The lowest BCUT2D eigenvalue weighted by molar-refractivity contribution is 0.648. The topological polar surface area (TPSA) is 41.6 Å². The van der Waals surface area contributed by atoms with Gasteiger partial charge < -0.3 is 0 Å². The fourth-order valence-corrected chi connectivity index (χ4v) is 1.93. The molecular formula is C12H14ClN3. The number of benzene rings is 1. The lowest BCUT2D eigenvalue weighted by atomic mass is 9.92. The molecule has 1 aromatic heterocycles. The van der Waals surface area contributed by atoms with Gasteiger partial charge in [0.25, 0.3) is 0 Å². The maximum absolute atomic E-state index is 5.87. The number of aromatic nitrogens is 3. The molecule has 0 aliphatic carbocycles. The summed E-state index contributed by atoms with van der Waals surface area (Å²) in [5.74, 6) is 0.474. The van der Waals surface area contributed by atoms with Crippen molar-refractivity contribution in [1.82, 2.24) is 15.4 Å². The number of H-pyrrole nitrogens is 1. The first-order valence-corrected chi connectivity index (χ1v) is 5.77. The Morgan fingerprint density at radius 2 is 2.06 bits per heavy atom. The molecule has 16 heavy (non-hydrogen) atoms. The molecule has 2 rings (SSSR count). The van der Waals surface area contributed by atoms with Crippen LogP contribution >= 0.6 is 11.6 Å². The molecule has 0 aliphatic rings. The quantitative estimate of drug-likeness (QED) is 0.884. The predicted molar refractivity (Wildman–Crippen MR) is 64.6 cm³/mol. The van der Waals surface area contributed by atoms with Gasteiger partial charge in [-0.2, -0.15) is 15.4 Å². The van der Waals surface area contributed by atoms with Gasteiger partial charge in [-0.3, -0.25) is 0 Å². The molecule has 0 aliphatic heterocycles. The molecule has 84 valence electrons. The summed E-state index contributed by atoms with van der Waals surface area (Å²) in [5.41, 5.74) is 2.30. The van der Waals surface area contributed by atoms with Crippen LogP contribution in [0, 0.1) is 0 Å². The minimum atomic E-state index is 0.474. The largest absolute Gasteiger partial charge is 0.198 e. The molecule has 4 heteroatoms. The molecule has 0 saturated carbocycles. The van der Waals surface area contributed by atoms with Crippen molar-refractivity contribution < 1.29 is 0 Å². The van der Waals surface area contributed by atoms with E-state index in [1.54, 1.807) is 6.20 Å². The summed E-state index contributed by atoms with van der Waals surface area (Å²) in [7, 11) is 0. The van der Waals surface area contributed by atoms with Crippen molar-refractivity contribution in [2.24, 2.45) is 0 Å². The highest BCUT2D eigenvalue weighted by Crippen LogP contribution is 2.24. The summed E-state index contributed by atoms with van der Waals surface area (Å²) >= 11 is 5.87. The Bertz CT molecular complexity index is 422. The van der Waals surface area contributed by atoms with Gasteiger partial charge in [-0.15, -0.1) is 0 Å². The van der Waals surface area contributed by atoms with E-state index in [9.17, 15) is 0 Å². The predicted octanol–water partition coefficient (Wildman–Crippen LogP) is 3.19. The highest BCUT2D eigenvalue weighted by Gasteiger charge is 2.11. The Kier molecular flexibility index (Phi) is 3.57. The first-order chi connectivity index (χ1) is 7.79. The van der Waals surface area contributed by atoms with Crippen LogP contribution in [-0.2, 0) is 6.42 Å². The zero-order valence-electron chi connectivity index (χ0n) is 9.15. The molecule has 0 spiro atoms. The van der Waals surface area contributed by atoms with Crippen LogP contribution in [-0.4, -0.2) is 15.4 Å². The molecule has 1 heterocycles. The van der Waals surface area contributed by atoms with E-state index in [-0.39, 0.29) is 0 Å². The number of nitrogens with one attached hydrogen (secondary N) is 1. The van der Waals surface area contributed by atoms with Crippen LogP contribution in [0.4, 0.5) is 0 Å². The van der Waals surface area contributed by atoms with Crippen molar-refractivity contribution in [3.05, 3.63) is 46.7 Å². The molecule has 1 N–H and O–H groups in total. The summed E-state index contributed by atoms with van der Waals surface area (Å²) in [4.78, 5) is 0. The van der Waals surface area contributed by atoms with Crippen molar-refractivity contribution in [3.8, 4) is 0 Å². The van der Waals surface area contributed by atoms with Crippen LogP contribution in [0.3, 0.4) is 0 Å². The summed E-state index contributed by atoms with van der Waals surface area (Å²) in [6, 6.07) is 8.03. The number of nitrogens with zero attached hydrogens (tertiary/aromatic N) is 2. The van der Waals surface area contributed by atoms with Gasteiger partial charge in [0.2, 0.25) is 0 Å². The fraction of sp³-hybridized carbons (Fsp3) is 0.333. The van der Waals surface area contributed by atoms with E-state index in [0.29, 0.717) is 5.92 Å². The van der Waals surface area contributed by atoms with Crippen LogP contribution in [0.25, 0.3) is 0 Å². The summed E-state index contributed by atoms with van der Waals surface area (Å²) < 4.78 is 0. The molecule has 1 unspecified atom stereocenters. The van der Waals surface area contributed by atoms with E-state index in [2.05, 4.69) is 34.5 Å². The van der Waals surface area contributed by atoms with Crippen molar-refractivity contribution >= 4 is 11.6 Å². The lowest BCUT2D eigenvalue weighted by Gasteiger charge is -2.13. The molecule has 0 fully saturated rings. The Morgan fingerprint density at radius 3 is 2.62 bits per heavy atom. The summed E-state index contributed by atoms with van der Waals surface area (Å²) in [6.07, 6.45) is 3.77. The first kappa shape index (κ1) is 11.1. The Labute approximate surface area is 99.8 Å². The fourth-order valence-electron chi connectivity index (χ4n) is 1.81. The average molecular weight is 236 g/mol. The summed E-state index contributed by atoms with van der Waals surface area (Å²) in [5, 5.41) is 11.3. The second-order valence-electron chi connectivity index (χ2n) is 3.82.